The van der Waals surface area contributed by atoms with Gasteiger partial charge in [0.05, 0.1) is 11.6 Å². The minimum Gasteiger partial charge on any atom is -0.487 e. The van der Waals surface area contributed by atoms with Crippen molar-refractivity contribution in [2.75, 3.05) is 19.6 Å². The molecule has 11 nitrogen and oxygen atoms in total. The molecule has 0 bridgehead atoms. The molecule has 248 valence electrons. The van der Waals surface area contributed by atoms with E-state index < -0.39 is 41.9 Å². The van der Waals surface area contributed by atoms with Gasteiger partial charge in [0.15, 0.2) is 5.78 Å². The van der Waals surface area contributed by atoms with Crippen molar-refractivity contribution < 1.29 is 29.0 Å². The molecule has 2 aliphatic heterocycles. The minimum atomic E-state index is -1.25. The van der Waals surface area contributed by atoms with E-state index in [4.69, 9.17) is 32.9 Å². The molecule has 3 N–H and O–H groups in total. The first-order chi connectivity index (χ1) is 22.8. The van der Waals surface area contributed by atoms with Gasteiger partial charge in [0, 0.05) is 51.4 Å². The summed E-state index contributed by atoms with van der Waals surface area (Å²) in [6, 6.07) is 15.5. The van der Waals surface area contributed by atoms with Crippen LogP contribution in [0.5, 0.6) is 5.75 Å². The lowest BCUT2D eigenvalue weighted by Crippen LogP contribution is -2.55. The van der Waals surface area contributed by atoms with Crippen LogP contribution in [0.15, 0.2) is 71.9 Å². The maximum Gasteiger partial charge on any atom is 0.326 e. The van der Waals surface area contributed by atoms with Gasteiger partial charge in [0.25, 0.3) is 0 Å². The monoisotopic (exact) mass is 689 g/mol. The molecule has 48 heavy (non-hydrogen) atoms. The number of aliphatic imine (C=N–C) groups is 1. The topological polar surface area (TPSA) is 144 Å². The van der Waals surface area contributed by atoms with Crippen LogP contribution in [0.25, 0.3) is 10.9 Å². The van der Waals surface area contributed by atoms with Gasteiger partial charge in [-0.3, -0.25) is 24.3 Å². The summed E-state index contributed by atoms with van der Waals surface area (Å²) in [5, 5.41) is 14.0. The van der Waals surface area contributed by atoms with Crippen molar-refractivity contribution in [3.63, 3.8) is 0 Å². The lowest BCUT2D eigenvalue weighted by atomic mass is 9.93. The summed E-state index contributed by atoms with van der Waals surface area (Å²) in [7, 11) is 0. The number of amidine groups is 1. The van der Waals surface area contributed by atoms with Crippen LogP contribution in [0.3, 0.4) is 0 Å². The summed E-state index contributed by atoms with van der Waals surface area (Å²) in [5.74, 6) is -1.62. The summed E-state index contributed by atoms with van der Waals surface area (Å²) >= 11 is 12.6. The molecule has 3 aromatic carbocycles. The molecule has 13 heteroatoms. The smallest absolute Gasteiger partial charge is 0.326 e. The van der Waals surface area contributed by atoms with E-state index in [0.29, 0.717) is 22.2 Å². The molecule has 0 radical (unpaired) electrons. The molecule has 3 amide bonds. The Kier molecular flexibility index (Phi) is 8.93. The number of aliphatic carboxylic acids is 1. The number of ketones is 1. The van der Waals surface area contributed by atoms with Crippen molar-refractivity contribution in [1.82, 2.24) is 20.1 Å². The highest BCUT2D eigenvalue weighted by Gasteiger charge is 2.46. The third kappa shape index (κ3) is 6.74. The Morgan fingerprint density at radius 3 is 2.44 bits per heavy atom. The first kappa shape index (κ1) is 33.0. The highest BCUT2D eigenvalue weighted by molar-refractivity contribution is 6.31. The van der Waals surface area contributed by atoms with Crippen LogP contribution in [0.1, 0.15) is 66.3 Å². The summed E-state index contributed by atoms with van der Waals surface area (Å²) in [4.78, 5) is 62.9. The zero-order valence-corrected chi connectivity index (χ0v) is 27.9. The molecule has 2 unspecified atom stereocenters. The van der Waals surface area contributed by atoms with Crippen LogP contribution in [-0.4, -0.2) is 74.7 Å². The van der Waals surface area contributed by atoms with Crippen LogP contribution >= 0.6 is 23.2 Å². The van der Waals surface area contributed by atoms with Crippen LogP contribution < -0.4 is 10.1 Å². The fourth-order valence-corrected chi connectivity index (χ4v) is 6.33. The van der Waals surface area contributed by atoms with E-state index >= 15 is 0 Å². The summed E-state index contributed by atoms with van der Waals surface area (Å²) in [5.41, 5.74) is 2.15. The zero-order valence-electron chi connectivity index (χ0n) is 26.4. The number of urea groups is 1. The number of ether oxygens (including phenoxy) is 1. The number of Topliss-reactive ketones (excluding diaryl/α,β-unsaturated/α-hetero) is 1. The molecule has 6 rings (SSSR count). The zero-order chi connectivity index (χ0) is 34.3. The van der Waals surface area contributed by atoms with Crippen molar-refractivity contribution in [2.45, 2.75) is 44.9 Å². The number of carbonyl (C=O) groups is 4. The highest BCUT2D eigenvalue weighted by Crippen LogP contribution is 2.47. The molecule has 1 saturated heterocycles. The highest BCUT2D eigenvalue weighted by atomic mass is 35.5. The number of hydrogen-bond donors (Lipinski definition) is 3. The molecule has 3 heterocycles. The van der Waals surface area contributed by atoms with Gasteiger partial charge in [-0.05, 0) is 62.7 Å². The van der Waals surface area contributed by atoms with E-state index in [-0.39, 0.29) is 36.1 Å². The second kappa shape index (κ2) is 13.0. The lowest BCUT2D eigenvalue weighted by Gasteiger charge is -2.36. The number of fused-ring (bicyclic) bond motifs is 1. The number of nitrogens with zero attached hydrogens (tertiary/aromatic N) is 3. The first-order valence-corrected chi connectivity index (χ1v) is 16.1. The van der Waals surface area contributed by atoms with E-state index in [1.54, 1.807) is 29.2 Å². The van der Waals surface area contributed by atoms with Crippen LogP contribution in [-0.2, 0) is 9.59 Å². The average Bonchev–Trinajstić information content (AvgIpc) is 3.61. The van der Waals surface area contributed by atoms with Crippen LogP contribution in [0.2, 0.25) is 10.0 Å². The molecular weight excluding hydrogens is 657 g/mol. The predicted molar refractivity (Wildman–Crippen MR) is 182 cm³/mol. The number of rotatable bonds is 7. The number of benzene rings is 3. The number of hydrogen-bond acceptors (Lipinski definition) is 6. The SMILES string of the molecule is CC(C)(C)Oc1cc(C(=O)CC(=O)O)ccc1C1=NC(c2c[nH]c3cc(Cl)ccc23)C(c2ccc(Cl)cc2)N1C(=O)N1CCNC(=O)C1. The quantitative estimate of drug-likeness (QED) is 0.151. The number of nitrogens with one attached hydrogen (secondary N) is 2. The van der Waals surface area contributed by atoms with Crippen LogP contribution in [0, 0.1) is 0 Å². The fraction of sp³-hybridized carbons (Fsp3) is 0.286. The molecule has 4 aromatic rings. The van der Waals surface area contributed by atoms with Gasteiger partial charge in [-0.2, -0.15) is 0 Å². The minimum absolute atomic E-state index is 0.139. The third-order valence-corrected chi connectivity index (χ3v) is 8.55. The van der Waals surface area contributed by atoms with Gasteiger partial charge in [0.2, 0.25) is 5.91 Å². The lowest BCUT2D eigenvalue weighted by molar-refractivity contribution is -0.136. The number of amides is 3. The maximum absolute atomic E-state index is 14.7. The van der Waals surface area contributed by atoms with Crippen LogP contribution in [0.4, 0.5) is 4.79 Å². The van der Waals surface area contributed by atoms with E-state index in [0.717, 1.165) is 22.0 Å². The molecular formula is C35H33Cl2N5O6. The molecule has 0 saturated carbocycles. The molecule has 0 aliphatic carbocycles. The largest absolute Gasteiger partial charge is 0.487 e. The Hall–Kier alpha value is -4.87. The normalized spacial score (nSPS) is 18.1. The van der Waals surface area contributed by atoms with E-state index in [2.05, 4.69) is 10.3 Å². The van der Waals surface area contributed by atoms with Gasteiger partial charge in [-0.15, -0.1) is 0 Å². The Morgan fingerprint density at radius 1 is 1.02 bits per heavy atom. The second-order valence-electron chi connectivity index (χ2n) is 12.7. The van der Waals surface area contributed by atoms with Gasteiger partial charge < -0.3 is 25.0 Å². The van der Waals surface area contributed by atoms with Crippen molar-refractivity contribution in [1.29, 1.82) is 0 Å². The molecule has 2 atom stereocenters. The molecule has 2 aliphatic rings. The molecule has 1 aromatic heterocycles. The number of aromatic amines is 1. The fourth-order valence-electron chi connectivity index (χ4n) is 6.03. The summed E-state index contributed by atoms with van der Waals surface area (Å²) < 4.78 is 6.36. The Labute approximate surface area is 286 Å². The number of carbonyl (C=O) groups excluding carboxylic acids is 3. The third-order valence-electron chi connectivity index (χ3n) is 8.06. The first-order valence-electron chi connectivity index (χ1n) is 15.3. The van der Waals surface area contributed by atoms with E-state index in [1.807, 2.05) is 51.2 Å². The standard InChI is InChI=1S/C35H33Cl2N5O6/c1-35(2,3)48-28-14-20(27(43)16-30(45)46)6-10-24(28)33-40-31(25-17-39-26-15-22(37)9-11-23(25)26)32(19-4-7-21(36)8-5-19)42(33)34(47)41-13-12-38-29(44)18-41/h4-11,14-15,17,31-32,39H,12-13,16,18H2,1-3H3,(H,38,44)(H,45,46). The van der Waals surface area contributed by atoms with Crippen molar-refractivity contribution in [3.8, 4) is 5.75 Å². The molecule has 0 spiro atoms. The number of carboxylic acids is 1. The van der Waals surface area contributed by atoms with E-state index in [1.165, 1.54) is 17.0 Å². The summed E-state index contributed by atoms with van der Waals surface area (Å²) in [6.45, 7) is 5.95. The van der Waals surface area contributed by atoms with Gasteiger partial charge in [0.1, 0.15) is 36.2 Å². The van der Waals surface area contributed by atoms with Gasteiger partial charge >= 0.3 is 12.0 Å². The molecule has 1 fully saturated rings. The Morgan fingerprint density at radius 2 is 1.75 bits per heavy atom. The number of piperazine rings is 1. The number of carboxylic acid groups (broad SMARTS) is 1. The van der Waals surface area contributed by atoms with Crippen molar-refractivity contribution in [3.05, 3.63) is 99.2 Å². The average molecular weight is 691 g/mol. The second-order valence-corrected chi connectivity index (χ2v) is 13.5. The predicted octanol–water partition coefficient (Wildman–Crippen LogP) is 6.41. The number of halogens is 2. The Bertz CT molecular complexity index is 1970. The Balaban J connectivity index is 1.58. The van der Waals surface area contributed by atoms with Crippen molar-refractivity contribution in [2.24, 2.45) is 4.99 Å². The number of aromatic nitrogens is 1. The maximum atomic E-state index is 14.7. The van der Waals surface area contributed by atoms with Crippen molar-refractivity contribution >= 4 is 63.6 Å². The van der Waals surface area contributed by atoms with Gasteiger partial charge in [-0.1, -0.05) is 47.5 Å². The number of H-pyrrole nitrogens is 1. The van der Waals surface area contributed by atoms with E-state index in [9.17, 15) is 24.3 Å². The van der Waals surface area contributed by atoms with Gasteiger partial charge in [-0.25, -0.2) is 4.79 Å². The summed E-state index contributed by atoms with van der Waals surface area (Å²) in [6.07, 6.45) is 1.15.